The van der Waals surface area contributed by atoms with E-state index in [-0.39, 0.29) is 22.0 Å². The predicted molar refractivity (Wildman–Crippen MR) is 117 cm³/mol. The Morgan fingerprint density at radius 2 is 1.97 bits per heavy atom. The van der Waals surface area contributed by atoms with Crippen LogP contribution in [0, 0.1) is 3.70 Å². The van der Waals surface area contributed by atoms with Gasteiger partial charge < -0.3 is 0 Å². The SMILES string of the molecule is O=C1NC(=O)C(=Cc2ccc3c(c2)c(I)nn3Cc2ccc(Cl)cc2C(F)(F)F)S1. The normalized spacial score (nSPS) is 16.0. The van der Waals surface area contributed by atoms with Crippen LogP contribution in [0.2, 0.25) is 5.02 Å². The summed E-state index contributed by atoms with van der Waals surface area (Å²) < 4.78 is 42.3. The molecule has 1 fully saturated rings. The summed E-state index contributed by atoms with van der Waals surface area (Å²) in [5.41, 5.74) is 0.569. The number of aromatic nitrogens is 2. The van der Waals surface area contributed by atoms with Gasteiger partial charge in [-0.25, -0.2) is 0 Å². The van der Waals surface area contributed by atoms with E-state index in [0.29, 0.717) is 14.8 Å². The Kier molecular flexibility index (Phi) is 5.58. The maximum atomic E-state index is 13.4. The van der Waals surface area contributed by atoms with Crippen LogP contribution in [0.1, 0.15) is 16.7 Å². The summed E-state index contributed by atoms with van der Waals surface area (Å²) in [5, 5.41) is 6.86. The van der Waals surface area contributed by atoms with E-state index in [4.69, 9.17) is 11.6 Å². The second kappa shape index (κ2) is 7.89. The van der Waals surface area contributed by atoms with Gasteiger partial charge in [0.2, 0.25) is 0 Å². The third-order valence-corrected chi connectivity index (χ3v) is 6.21. The summed E-state index contributed by atoms with van der Waals surface area (Å²) in [5.74, 6) is -0.460. The number of benzene rings is 2. The van der Waals surface area contributed by atoms with Crippen LogP contribution in [0.25, 0.3) is 17.0 Å². The molecular weight excluding hydrogens is 554 g/mol. The number of thioether (sulfide) groups is 1. The molecule has 11 heteroatoms. The number of nitrogens with one attached hydrogen (secondary N) is 1. The largest absolute Gasteiger partial charge is 0.416 e. The number of imide groups is 1. The highest BCUT2D eigenvalue weighted by molar-refractivity contribution is 14.1. The van der Waals surface area contributed by atoms with Gasteiger partial charge in [-0.05, 0) is 75.8 Å². The molecule has 2 aromatic carbocycles. The minimum atomic E-state index is -4.54. The van der Waals surface area contributed by atoms with Gasteiger partial charge in [-0.3, -0.25) is 19.6 Å². The topological polar surface area (TPSA) is 64.0 Å². The summed E-state index contributed by atoms with van der Waals surface area (Å²) in [4.78, 5) is 23.3. The molecule has 2 heterocycles. The van der Waals surface area contributed by atoms with Crippen LogP contribution in [0.3, 0.4) is 0 Å². The number of carbonyl (C=O) groups is 2. The van der Waals surface area contributed by atoms with Crippen molar-refractivity contribution in [2.45, 2.75) is 12.7 Å². The standard InChI is InChI=1S/C19H10ClF3IN3O2S/c20-11-3-2-10(13(7-11)19(21,22)23)8-27-14-4-1-9(5-12(14)16(24)26-27)6-15-17(28)25-18(29)30-15/h1-7H,8H2,(H,25,28,29). The van der Waals surface area contributed by atoms with Gasteiger partial charge in [-0.1, -0.05) is 23.7 Å². The first-order valence-corrected chi connectivity index (χ1v) is 10.7. The maximum absolute atomic E-state index is 13.4. The minimum Gasteiger partial charge on any atom is -0.282 e. The predicted octanol–water partition coefficient (Wildman–Crippen LogP) is 5.69. The summed E-state index contributed by atoms with van der Waals surface area (Å²) in [6, 6.07) is 8.88. The Bertz CT molecular complexity index is 1240. The van der Waals surface area contributed by atoms with E-state index in [1.165, 1.54) is 16.8 Å². The number of carbonyl (C=O) groups excluding carboxylic acids is 2. The van der Waals surface area contributed by atoms with Crippen LogP contribution >= 0.6 is 46.0 Å². The second-order valence-corrected chi connectivity index (χ2v) is 8.85. The Morgan fingerprint density at radius 1 is 1.20 bits per heavy atom. The fourth-order valence-corrected chi connectivity index (χ4v) is 4.60. The highest BCUT2D eigenvalue weighted by atomic mass is 127. The van der Waals surface area contributed by atoms with E-state index in [9.17, 15) is 22.8 Å². The molecule has 1 aromatic heterocycles. The van der Waals surface area contributed by atoms with Gasteiger partial charge in [0.05, 0.1) is 22.5 Å². The van der Waals surface area contributed by atoms with Gasteiger partial charge in [0.15, 0.2) is 0 Å². The van der Waals surface area contributed by atoms with Crippen LogP contribution < -0.4 is 5.32 Å². The van der Waals surface area contributed by atoms with Crippen LogP contribution in [-0.4, -0.2) is 20.9 Å². The second-order valence-electron chi connectivity index (χ2n) is 6.38. The van der Waals surface area contributed by atoms with Crippen molar-refractivity contribution in [3.63, 3.8) is 0 Å². The van der Waals surface area contributed by atoms with E-state index in [1.807, 2.05) is 22.6 Å². The molecule has 1 saturated heterocycles. The number of amides is 2. The Hall–Kier alpha value is -2.05. The Balaban J connectivity index is 1.72. The molecule has 0 saturated carbocycles. The highest BCUT2D eigenvalue weighted by Crippen LogP contribution is 2.35. The lowest BCUT2D eigenvalue weighted by Crippen LogP contribution is -2.17. The lowest BCUT2D eigenvalue weighted by Gasteiger charge is -2.14. The monoisotopic (exact) mass is 563 g/mol. The van der Waals surface area contributed by atoms with Crippen molar-refractivity contribution in [3.05, 3.63) is 66.7 Å². The van der Waals surface area contributed by atoms with Gasteiger partial charge in [0.1, 0.15) is 3.70 Å². The molecule has 0 spiro atoms. The quantitative estimate of drug-likeness (QED) is 0.329. The van der Waals surface area contributed by atoms with Gasteiger partial charge in [0.25, 0.3) is 11.1 Å². The molecule has 0 bridgehead atoms. The first kappa shape index (κ1) is 21.2. The third-order valence-electron chi connectivity index (χ3n) is 4.37. The molecule has 2 amide bonds. The smallest absolute Gasteiger partial charge is 0.282 e. The van der Waals surface area contributed by atoms with Crippen molar-refractivity contribution < 1.29 is 22.8 Å². The fraction of sp³-hybridized carbons (Fsp3) is 0.105. The van der Waals surface area contributed by atoms with Crippen molar-refractivity contribution in [1.29, 1.82) is 0 Å². The van der Waals surface area contributed by atoms with Gasteiger partial charge in [0, 0.05) is 10.4 Å². The van der Waals surface area contributed by atoms with Crippen molar-refractivity contribution in [3.8, 4) is 0 Å². The lowest BCUT2D eigenvalue weighted by molar-refractivity contribution is -0.138. The molecule has 4 rings (SSSR count). The fourth-order valence-electron chi connectivity index (χ4n) is 3.05. The van der Waals surface area contributed by atoms with E-state index in [1.54, 1.807) is 24.3 Å². The van der Waals surface area contributed by atoms with Crippen LogP contribution in [0.5, 0.6) is 0 Å². The average Bonchev–Trinajstić information content (AvgIpc) is 3.14. The number of halogens is 5. The average molecular weight is 564 g/mol. The van der Waals surface area contributed by atoms with Crippen LogP contribution in [0.15, 0.2) is 41.3 Å². The van der Waals surface area contributed by atoms with E-state index in [0.717, 1.165) is 23.2 Å². The lowest BCUT2D eigenvalue weighted by atomic mass is 10.1. The molecule has 3 aromatic rings. The molecule has 30 heavy (non-hydrogen) atoms. The minimum absolute atomic E-state index is 0.0101. The summed E-state index contributed by atoms with van der Waals surface area (Å²) in [6.45, 7) is -0.0846. The number of fused-ring (bicyclic) bond motifs is 1. The van der Waals surface area contributed by atoms with Gasteiger partial charge in [-0.2, -0.15) is 18.3 Å². The first-order valence-electron chi connectivity index (χ1n) is 8.38. The highest BCUT2D eigenvalue weighted by Gasteiger charge is 2.33. The molecule has 1 N–H and O–H groups in total. The van der Waals surface area contributed by atoms with Gasteiger partial charge >= 0.3 is 6.18 Å². The van der Waals surface area contributed by atoms with Crippen LogP contribution in [0.4, 0.5) is 18.0 Å². The third kappa shape index (κ3) is 4.21. The zero-order valence-corrected chi connectivity index (χ0v) is 18.5. The molecular formula is C19H10ClF3IN3O2S. The Labute approximate surface area is 190 Å². The zero-order chi connectivity index (χ0) is 21.6. The first-order chi connectivity index (χ1) is 14.1. The summed E-state index contributed by atoms with van der Waals surface area (Å²) in [7, 11) is 0. The molecule has 1 aliphatic rings. The van der Waals surface area contributed by atoms with Crippen molar-refractivity contribution in [2.24, 2.45) is 0 Å². The number of hydrogen-bond donors (Lipinski definition) is 1. The number of alkyl halides is 3. The van der Waals surface area contributed by atoms with E-state index in [2.05, 4.69) is 10.4 Å². The molecule has 154 valence electrons. The number of hydrogen-bond acceptors (Lipinski definition) is 4. The maximum Gasteiger partial charge on any atom is 0.416 e. The summed E-state index contributed by atoms with van der Waals surface area (Å²) in [6.07, 6.45) is -2.95. The molecule has 0 unspecified atom stereocenters. The van der Waals surface area contributed by atoms with E-state index >= 15 is 0 Å². The summed E-state index contributed by atoms with van der Waals surface area (Å²) >= 11 is 8.57. The Morgan fingerprint density at radius 3 is 2.63 bits per heavy atom. The van der Waals surface area contributed by atoms with Crippen molar-refractivity contribution in [1.82, 2.24) is 15.1 Å². The number of nitrogens with zero attached hydrogens (tertiary/aromatic N) is 2. The van der Waals surface area contributed by atoms with Crippen molar-refractivity contribution in [2.75, 3.05) is 0 Å². The molecule has 5 nitrogen and oxygen atoms in total. The van der Waals surface area contributed by atoms with Crippen LogP contribution in [-0.2, 0) is 17.5 Å². The van der Waals surface area contributed by atoms with Gasteiger partial charge in [-0.15, -0.1) is 0 Å². The molecule has 0 atom stereocenters. The van der Waals surface area contributed by atoms with E-state index < -0.39 is 22.9 Å². The number of rotatable bonds is 3. The molecule has 0 radical (unpaired) electrons. The molecule has 1 aliphatic heterocycles. The zero-order valence-electron chi connectivity index (χ0n) is 14.8. The van der Waals surface area contributed by atoms with Crippen molar-refractivity contribution >= 4 is 74.1 Å². The molecule has 0 aliphatic carbocycles.